The lowest BCUT2D eigenvalue weighted by molar-refractivity contribution is 0.0553. The van der Waals surface area contributed by atoms with Crippen LogP contribution in [0.25, 0.3) is 0 Å². The lowest BCUT2D eigenvalue weighted by atomic mass is 9.87. The molecule has 3 heteroatoms. The molecule has 118 valence electrons. The molecule has 0 saturated heterocycles. The summed E-state index contributed by atoms with van der Waals surface area (Å²) in [4.78, 5) is 0. The molecular formula is C18H29NO2. The summed E-state index contributed by atoms with van der Waals surface area (Å²) in [7, 11) is 0. The molecule has 0 bridgehead atoms. The molecule has 0 fully saturated rings. The van der Waals surface area contributed by atoms with Crippen molar-refractivity contribution in [1.82, 2.24) is 5.32 Å². The molecular weight excluding hydrogens is 262 g/mol. The Labute approximate surface area is 128 Å². The molecule has 1 aromatic carbocycles. The van der Waals surface area contributed by atoms with Crippen LogP contribution in [0.3, 0.4) is 0 Å². The number of hydrogen-bond donors (Lipinski definition) is 2. The number of ether oxygens (including phenoxy) is 1. The molecule has 1 aromatic rings. The summed E-state index contributed by atoms with van der Waals surface area (Å²) < 4.78 is 5.78. The van der Waals surface area contributed by atoms with E-state index in [0.29, 0.717) is 19.1 Å². The average molecular weight is 291 g/mol. The lowest BCUT2D eigenvalue weighted by Crippen LogP contribution is -2.26. The van der Waals surface area contributed by atoms with Crippen molar-refractivity contribution in [3.05, 3.63) is 29.3 Å². The Morgan fingerprint density at radius 3 is 2.90 bits per heavy atom. The van der Waals surface area contributed by atoms with E-state index in [4.69, 9.17) is 4.74 Å². The molecule has 0 spiro atoms. The number of benzene rings is 1. The van der Waals surface area contributed by atoms with Crippen molar-refractivity contribution in [2.45, 2.75) is 64.5 Å². The fraction of sp³-hybridized carbons (Fsp3) is 0.667. The molecule has 1 aliphatic rings. The Bertz CT molecular complexity index is 451. The van der Waals surface area contributed by atoms with Crippen LogP contribution in [-0.4, -0.2) is 23.9 Å². The molecule has 0 heterocycles. The van der Waals surface area contributed by atoms with E-state index in [1.807, 2.05) is 13.8 Å². The molecule has 1 unspecified atom stereocenters. The Morgan fingerprint density at radius 2 is 2.19 bits per heavy atom. The third-order valence-electron chi connectivity index (χ3n) is 4.05. The Morgan fingerprint density at radius 1 is 1.38 bits per heavy atom. The van der Waals surface area contributed by atoms with Gasteiger partial charge >= 0.3 is 0 Å². The summed E-state index contributed by atoms with van der Waals surface area (Å²) in [6, 6.07) is 6.95. The monoisotopic (exact) mass is 291 g/mol. The van der Waals surface area contributed by atoms with Gasteiger partial charge in [0, 0.05) is 12.5 Å². The van der Waals surface area contributed by atoms with Crippen molar-refractivity contribution >= 4 is 0 Å². The minimum atomic E-state index is -0.663. The maximum absolute atomic E-state index is 9.72. The van der Waals surface area contributed by atoms with Crippen molar-refractivity contribution < 1.29 is 9.84 Å². The van der Waals surface area contributed by atoms with E-state index >= 15 is 0 Å². The molecule has 1 aliphatic carbocycles. The second-order valence-electron chi connectivity index (χ2n) is 6.67. The zero-order valence-electron chi connectivity index (χ0n) is 13.6. The van der Waals surface area contributed by atoms with Gasteiger partial charge in [-0.2, -0.15) is 0 Å². The molecule has 0 aromatic heterocycles. The summed E-state index contributed by atoms with van der Waals surface area (Å²) >= 11 is 0. The largest absolute Gasteiger partial charge is 0.493 e. The van der Waals surface area contributed by atoms with Crippen molar-refractivity contribution in [3.8, 4) is 5.75 Å². The van der Waals surface area contributed by atoms with Gasteiger partial charge in [0.25, 0.3) is 0 Å². The summed E-state index contributed by atoms with van der Waals surface area (Å²) in [5.41, 5.74) is 2.18. The van der Waals surface area contributed by atoms with Crippen LogP contribution in [0.15, 0.2) is 18.2 Å². The minimum Gasteiger partial charge on any atom is -0.493 e. The Balaban J connectivity index is 1.98. The zero-order chi connectivity index (χ0) is 15.3. The van der Waals surface area contributed by atoms with Gasteiger partial charge in [-0.1, -0.05) is 13.0 Å². The SMILES string of the molecule is CCCNC1CCCc2cc(OCCC(C)(C)O)ccc21. The molecule has 3 nitrogen and oxygen atoms in total. The summed E-state index contributed by atoms with van der Waals surface area (Å²) in [6.07, 6.45) is 5.42. The van der Waals surface area contributed by atoms with E-state index in [-0.39, 0.29) is 0 Å². The highest BCUT2D eigenvalue weighted by molar-refractivity contribution is 5.39. The molecule has 2 N–H and O–H groups in total. The summed E-state index contributed by atoms with van der Waals surface area (Å²) in [5.74, 6) is 0.925. The first-order valence-corrected chi connectivity index (χ1v) is 8.21. The van der Waals surface area contributed by atoms with Crippen molar-refractivity contribution in [2.24, 2.45) is 0 Å². The van der Waals surface area contributed by atoms with Gasteiger partial charge in [0.1, 0.15) is 5.75 Å². The third kappa shape index (κ3) is 5.01. The van der Waals surface area contributed by atoms with E-state index in [0.717, 1.165) is 18.7 Å². The smallest absolute Gasteiger partial charge is 0.119 e. The van der Waals surface area contributed by atoms with Gasteiger partial charge in [0.05, 0.1) is 12.2 Å². The maximum atomic E-state index is 9.72. The lowest BCUT2D eigenvalue weighted by Gasteiger charge is -2.27. The van der Waals surface area contributed by atoms with Crippen LogP contribution in [0, 0.1) is 0 Å². The number of hydrogen-bond acceptors (Lipinski definition) is 3. The summed E-state index contributed by atoms with van der Waals surface area (Å²) in [5, 5.41) is 13.4. The average Bonchev–Trinajstić information content (AvgIpc) is 2.43. The molecule has 0 aliphatic heterocycles. The summed E-state index contributed by atoms with van der Waals surface area (Å²) in [6.45, 7) is 7.46. The topological polar surface area (TPSA) is 41.5 Å². The Hall–Kier alpha value is -1.06. The normalized spacial score (nSPS) is 18.4. The van der Waals surface area contributed by atoms with E-state index in [2.05, 4.69) is 30.4 Å². The second kappa shape index (κ2) is 7.28. The van der Waals surface area contributed by atoms with Gasteiger partial charge in [0.15, 0.2) is 0 Å². The van der Waals surface area contributed by atoms with E-state index < -0.39 is 5.60 Å². The molecule has 2 rings (SSSR count). The van der Waals surface area contributed by atoms with Gasteiger partial charge < -0.3 is 15.2 Å². The first-order chi connectivity index (χ1) is 9.99. The molecule has 0 saturated carbocycles. The second-order valence-corrected chi connectivity index (χ2v) is 6.67. The number of aryl methyl sites for hydroxylation is 1. The molecule has 21 heavy (non-hydrogen) atoms. The van der Waals surface area contributed by atoms with Gasteiger partial charge in [0.2, 0.25) is 0 Å². The van der Waals surface area contributed by atoms with Crippen LogP contribution in [0.4, 0.5) is 0 Å². The van der Waals surface area contributed by atoms with Gasteiger partial charge in [-0.3, -0.25) is 0 Å². The van der Waals surface area contributed by atoms with Gasteiger partial charge in [-0.25, -0.2) is 0 Å². The van der Waals surface area contributed by atoms with Crippen LogP contribution in [0.5, 0.6) is 5.75 Å². The predicted octanol–water partition coefficient (Wildman–Crippen LogP) is 3.60. The van der Waals surface area contributed by atoms with Crippen molar-refractivity contribution in [1.29, 1.82) is 0 Å². The van der Waals surface area contributed by atoms with Crippen LogP contribution < -0.4 is 10.1 Å². The first-order valence-electron chi connectivity index (χ1n) is 8.21. The minimum absolute atomic E-state index is 0.499. The fourth-order valence-corrected chi connectivity index (χ4v) is 2.83. The highest BCUT2D eigenvalue weighted by atomic mass is 16.5. The maximum Gasteiger partial charge on any atom is 0.119 e. The molecule has 1 atom stereocenters. The first kappa shape index (κ1) is 16.3. The molecule has 0 radical (unpaired) electrons. The quantitative estimate of drug-likeness (QED) is 0.806. The number of nitrogens with one attached hydrogen (secondary N) is 1. The van der Waals surface area contributed by atoms with Gasteiger partial charge in [-0.15, -0.1) is 0 Å². The van der Waals surface area contributed by atoms with Crippen LogP contribution in [-0.2, 0) is 6.42 Å². The van der Waals surface area contributed by atoms with Crippen molar-refractivity contribution in [3.63, 3.8) is 0 Å². The molecule has 0 amide bonds. The number of fused-ring (bicyclic) bond motifs is 1. The number of aliphatic hydroxyl groups is 1. The predicted molar refractivity (Wildman–Crippen MR) is 86.8 cm³/mol. The van der Waals surface area contributed by atoms with Crippen LogP contribution >= 0.6 is 0 Å². The Kier molecular flexibility index (Phi) is 5.65. The highest BCUT2D eigenvalue weighted by Gasteiger charge is 2.20. The van der Waals surface area contributed by atoms with E-state index in [1.165, 1.54) is 30.4 Å². The van der Waals surface area contributed by atoms with Crippen molar-refractivity contribution in [2.75, 3.05) is 13.2 Å². The highest BCUT2D eigenvalue weighted by Crippen LogP contribution is 2.32. The van der Waals surface area contributed by atoms with Crippen LogP contribution in [0.2, 0.25) is 0 Å². The standard InChI is InChI=1S/C18H29NO2/c1-4-11-19-17-7-5-6-14-13-15(8-9-16(14)17)21-12-10-18(2,3)20/h8-9,13,17,19-20H,4-7,10-12H2,1-3H3. The third-order valence-corrected chi connectivity index (χ3v) is 4.05. The zero-order valence-corrected chi connectivity index (χ0v) is 13.6. The van der Waals surface area contributed by atoms with Gasteiger partial charge in [-0.05, 0) is 69.3 Å². The fourth-order valence-electron chi connectivity index (χ4n) is 2.83. The van der Waals surface area contributed by atoms with E-state index in [1.54, 1.807) is 0 Å². The van der Waals surface area contributed by atoms with E-state index in [9.17, 15) is 5.11 Å². The number of rotatable bonds is 7. The van der Waals surface area contributed by atoms with Crippen LogP contribution in [0.1, 0.15) is 63.6 Å².